The highest BCUT2D eigenvalue weighted by Crippen LogP contribution is 2.33. The van der Waals surface area contributed by atoms with Gasteiger partial charge < -0.3 is 15.3 Å². The molecule has 1 aliphatic carbocycles. The van der Waals surface area contributed by atoms with Crippen LogP contribution in [-0.2, 0) is 0 Å². The van der Waals surface area contributed by atoms with E-state index in [-0.39, 0.29) is 6.10 Å². The number of hydrogen-bond donors (Lipinski definition) is 2. The number of hydrogen-bond acceptors (Lipinski definition) is 3. The molecule has 0 spiro atoms. The number of nitrogens with zero attached hydrogens (tertiary/aromatic N) is 1. The van der Waals surface area contributed by atoms with Crippen LogP contribution in [0.1, 0.15) is 52.4 Å². The molecule has 0 aromatic heterocycles. The topological polar surface area (TPSA) is 35.5 Å². The molecule has 0 radical (unpaired) electrons. The Bertz CT molecular complexity index is 282. The van der Waals surface area contributed by atoms with Crippen molar-refractivity contribution in [2.75, 3.05) is 26.7 Å². The first-order chi connectivity index (χ1) is 9.63. The summed E-state index contributed by atoms with van der Waals surface area (Å²) in [6, 6.07) is 0.703. The van der Waals surface area contributed by atoms with E-state index in [0.717, 1.165) is 18.4 Å². The van der Waals surface area contributed by atoms with Gasteiger partial charge in [-0.05, 0) is 64.0 Å². The Hall–Kier alpha value is -0.120. The van der Waals surface area contributed by atoms with Crippen molar-refractivity contribution >= 4 is 0 Å². The predicted molar refractivity (Wildman–Crippen MR) is 84.8 cm³/mol. The van der Waals surface area contributed by atoms with E-state index in [2.05, 4.69) is 24.2 Å². The van der Waals surface area contributed by atoms with Crippen LogP contribution in [0.15, 0.2) is 0 Å². The summed E-state index contributed by atoms with van der Waals surface area (Å²) in [6.45, 7) is 7.77. The van der Waals surface area contributed by atoms with Crippen molar-refractivity contribution in [3.05, 3.63) is 0 Å². The zero-order valence-corrected chi connectivity index (χ0v) is 13.6. The predicted octanol–water partition coefficient (Wildman–Crippen LogP) is 2.49. The highest BCUT2D eigenvalue weighted by Gasteiger charge is 2.33. The molecule has 0 amide bonds. The first-order valence-electron chi connectivity index (χ1n) is 8.71. The monoisotopic (exact) mass is 282 g/mol. The summed E-state index contributed by atoms with van der Waals surface area (Å²) in [6.07, 6.45) is 7.92. The molecule has 2 rings (SSSR count). The minimum absolute atomic E-state index is 0.140. The van der Waals surface area contributed by atoms with Crippen LogP contribution in [-0.4, -0.2) is 48.8 Å². The number of likely N-dealkylation sites (tertiary alicyclic amines) is 1. The molecule has 0 aromatic carbocycles. The van der Waals surface area contributed by atoms with Gasteiger partial charge in [0.25, 0.3) is 0 Å². The van der Waals surface area contributed by atoms with Crippen molar-refractivity contribution in [2.45, 2.75) is 64.5 Å². The van der Waals surface area contributed by atoms with Crippen molar-refractivity contribution in [3.63, 3.8) is 0 Å². The van der Waals surface area contributed by atoms with Crippen molar-refractivity contribution in [1.82, 2.24) is 10.2 Å². The van der Waals surface area contributed by atoms with Crippen LogP contribution in [0.25, 0.3) is 0 Å². The molecule has 1 aliphatic heterocycles. The highest BCUT2D eigenvalue weighted by molar-refractivity contribution is 4.88. The molecule has 3 nitrogen and oxygen atoms in total. The summed E-state index contributed by atoms with van der Waals surface area (Å²) >= 11 is 0. The highest BCUT2D eigenvalue weighted by atomic mass is 16.3. The fourth-order valence-corrected chi connectivity index (χ4v) is 4.37. The molecular formula is C17H34N2O. The van der Waals surface area contributed by atoms with Gasteiger partial charge in [0, 0.05) is 19.1 Å². The summed E-state index contributed by atoms with van der Waals surface area (Å²) in [5.74, 6) is 2.25. The molecule has 5 unspecified atom stereocenters. The lowest BCUT2D eigenvalue weighted by molar-refractivity contribution is 0.116. The fourth-order valence-electron chi connectivity index (χ4n) is 4.37. The number of aliphatic hydroxyl groups excluding tert-OH is 1. The molecule has 2 aliphatic rings. The smallest absolute Gasteiger partial charge is 0.0552 e. The van der Waals surface area contributed by atoms with Crippen LogP contribution in [0.2, 0.25) is 0 Å². The largest absolute Gasteiger partial charge is 0.393 e. The van der Waals surface area contributed by atoms with E-state index in [1.54, 1.807) is 0 Å². The molecule has 3 heteroatoms. The molecule has 1 saturated carbocycles. The number of aliphatic hydroxyl groups is 1. The Labute approximate surface area is 125 Å². The molecule has 0 aromatic rings. The normalized spacial score (nSPS) is 37.2. The van der Waals surface area contributed by atoms with Gasteiger partial charge in [0.2, 0.25) is 0 Å². The van der Waals surface area contributed by atoms with Crippen LogP contribution in [0.4, 0.5) is 0 Å². The zero-order chi connectivity index (χ0) is 14.5. The van der Waals surface area contributed by atoms with Gasteiger partial charge in [-0.1, -0.05) is 19.8 Å². The lowest BCUT2D eigenvalue weighted by Crippen LogP contribution is -2.44. The lowest BCUT2D eigenvalue weighted by atomic mass is 9.76. The molecule has 2 N–H and O–H groups in total. The van der Waals surface area contributed by atoms with E-state index in [9.17, 15) is 5.11 Å². The van der Waals surface area contributed by atoms with E-state index >= 15 is 0 Å². The minimum atomic E-state index is -0.140. The summed E-state index contributed by atoms with van der Waals surface area (Å²) in [4.78, 5) is 2.60. The van der Waals surface area contributed by atoms with Crippen molar-refractivity contribution in [2.24, 2.45) is 17.8 Å². The lowest BCUT2D eigenvalue weighted by Gasteiger charge is -2.38. The fraction of sp³-hybridized carbons (Fsp3) is 1.00. The molecule has 1 heterocycles. The van der Waals surface area contributed by atoms with Crippen LogP contribution in [0.5, 0.6) is 0 Å². The third-order valence-corrected chi connectivity index (χ3v) is 5.64. The Morgan fingerprint density at radius 2 is 2.10 bits per heavy atom. The second-order valence-corrected chi connectivity index (χ2v) is 7.17. The quantitative estimate of drug-likeness (QED) is 0.786. The Morgan fingerprint density at radius 1 is 1.30 bits per heavy atom. The number of rotatable bonds is 6. The molecule has 0 bridgehead atoms. The molecule has 20 heavy (non-hydrogen) atoms. The summed E-state index contributed by atoms with van der Waals surface area (Å²) in [7, 11) is 2.13. The maximum Gasteiger partial charge on any atom is 0.0552 e. The van der Waals surface area contributed by atoms with Crippen LogP contribution < -0.4 is 5.32 Å². The maximum atomic E-state index is 9.75. The Kier molecular flexibility index (Phi) is 6.31. The maximum absolute atomic E-state index is 9.75. The zero-order valence-electron chi connectivity index (χ0n) is 13.6. The van der Waals surface area contributed by atoms with Crippen LogP contribution in [0, 0.1) is 17.8 Å². The van der Waals surface area contributed by atoms with Gasteiger partial charge in [-0.2, -0.15) is 0 Å². The Morgan fingerprint density at radius 3 is 2.70 bits per heavy atom. The van der Waals surface area contributed by atoms with Gasteiger partial charge in [0.05, 0.1) is 6.10 Å². The second kappa shape index (κ2) is 7.77. The first-order valence-corrected chi connectivity index (χ1v) is 8.71. The van der Waals surface area contributed by atoms with Crippen molar-refractivity contribution < 1.29 is 5.11 Å². The van der Waals surface area contributed by atoms with Gasteiger partial charge in [0.1, 0.15) is 0 Å². The van der Waals surface area contributed by atoms with Crippen molar-refractivity contribution in [1.29, 1.82) is 0 Å². The Balaban J connectivity index is 1.85. The molecule has 5 atom stereocenters. The van der Waals surface area contributed by atoms with E-state index in [1.807, 2.05) is 6.92 Å². The van der Waals surface area contributed by atoms with E-state index < -0.39 is 0 Å². The van der Waals surface area contributed by atoms with Crippen molar-refractivity contribution in [3.8, 4) is 0 Å². The van der Waals surface area contributed by atoms with E-state index in [0.29, 0.717) is 12.0 Å². The molecule has 2 fully saturated rings. The summed E-state index contributed by atoms with van der Waals surface area (Å²) in [5.41, 5.74) is 0. The first kappa shape index (κ1) is 16.3. The molecule has 1 saturated heterocycles. The molecular weight excluding hydrogens is 248 g/mol. The average molecular weight is 282 g/mol. The molecule has 118 valence electrons. The van der Waals surface area contributed by atoms with Gasteiger partial charge in [-0.15, -0.1) is 0 Å². The van der Waals surface area contributed by atoms with Gasteiger partial charge >= 0.3 is 0 Å². The minimum Gasteiger partial charge on any atom is -0.393 e. The third kappa shape index (κ3) is 4.19. The van der Waals surface area contributed by atoms with Gasteiger partial charge in [0.15, 0.2) is 0 Å². The standard InChI is InChI=1S/C17H34N2O/c1-4-5-14-6-7-17(18-3)16(10-14)12-19-9-8-15(11-19)13(2)20/h13-18,20H,4-12H2,1-3H3. The third-order valence-electron chi connectivity index (χ3n) is 5.64. The average Bonchev–Trinajstić information content (AvgIpc) is 2.88. The SMILES string of the molecule is CCCC1CCC(NC)C(CN2CCC(C(C)O)C2)C1. The summed E-state index contributed by atoms with van der Waals surface area (Å²) < 4.78 is 0. The van der Waals surface area contributed by atoms with Crippen LogP contribution in [0.3, 0.4) is 0 Å². The summed E-state index contributed by atoms with van der Waals surface area (Å²) in [5, 5.41) is 13.3. The van der Waals surface area contributed by atoms with E-state index in [4.69, 9.17) is 0 Å². The second-order valence-electron chi connectivity index (χ2n) is 7.17. The number of nitrogens with one attached hydrogen (secondary N) is 1. The van der Waals surface area contributed by atoms with Gasteiger partial charge in [-0.25, -0.2) is 0 Å². The van der Waals surface area contributed by atoms with E-state index in [1.165, 1.54) is 51.6 Å². The van der Waals surface area contributed by atoms with Crippen LogP contribution >= 0.6 is 0 Å². The van der Waals surface area contributed by atoms with Gasteiger partial charge in [-0.3, -0.25) is 0 Å².